The number of hydrogen-bond donors (Lipinski definition) is 0. The van der Waals surface area contributed by atoms with E-state index in [4.69, 9.17) is 9.26 Å². The number of imide groups is 1. The van der Waals surface area contributed by atoms with Crippen molar-refractivity contribution in [2.24, 2.45) is 5.92 Å². The molecule has 8 heteroatoms. The maximum Gasteiger partial charge on any atom is 0.330 e. The molecule has 3 heterocycles. The van der Waals surface area contributed by atoms with Gasteiger partial charge in [0.25, 0.3) is 11.8 Å². The quantitative estimate of drug-likeness (QED) is 0.454. The average molecular weight is 410 g/mol. The number of amides is 2. The zero-order valence-corrected chi connectivity index (χ0v) is 16.6. The highest BCUT2D eigenvalue weighted by atomic mass is 32.1. The molecule has 0 fully saturated rings. The van der Waals surface area contributed by atoms with E-state index in [-0.39, 0.29) is 12.5 Å². The molecule has 1 aliphatic heterocycles. The minimum Gasteiger partial charge on any atom is -0.457 e. The molecule has 1 atom stereocenters. The van der Waals surface area contributed by atoms with E-state index in [0.29, 0.717) is 22.6 Å². The molecule has 0 spiro atoms. The number of nitrogens with zero attached hydrogens (tertiary/aromatic N) is 2. The third kappa shape index (κ3) is 3.47. The van der Waals surface area contributed by atoms with E-state index in [2.05, 4.69) is 5.16 Å². The van der Waals surface area contributed by atoms with Gasteiger partial charge in [0.1, 0.15) is 18.3 Å². The number of rotatable bonds is 6. The van der Waals surface area contributed by atoms with Crippen LogP contribution in [0.4, 0.5) is 0 Å². The topological polar surface area (TPSA) is 89.7 Å². The molecule has 0 saturated heterocycles. The minimum absolute atomic E-state index is 0.111. The predicted octanol–water partition coefficient (Wildman–Crippen LogP) is 3.77. The Morgan fingerprint density at radius 3 is 2.41 bits per heavy atom. The van der Waals surface area contributed by atoms with Gasteiger partial charge in [-0.1, -0.05) is 37.2 Å². The zero-order valence-electron chi connectivity index (χ0n) is 15.8. The molecule has 0 saturated carbocycles. The van der Waals surface area contributed by atoms with Crippen molar-refractivity contribution in [3.63, 3.8) is 0 Å². The Hall–Kier alpha value is -3.26. The number of carbonyl (C=O) groups excluding carboxylic acids is 3. The van der Waals surface area contributed by atoms with Gasteiger partial charge >= 0.3 is 5.97 Å². The molecule has 1 aromatic carbocycles. The molecule has 0 bridgehead atoms. The van der Waals surface area contributed by atoms with Gasteiger partial charge in [0.2, 0.25) is 0 Å². The third-order valence-corrected chi connectivity index (χ3v) is 5.55. The van der Waals surface area contributed by atoms with E-state index in [1.807, 2.05) is 17.5 Å². The van der Waals surface area contributed by atoms with Crippen LogP contribution in [0.5, 0.6) is 0 Å². The van der Waals surface area contributed by atoms with Crippen LogP contribution in [0.25, 0.3) is 10.6 Å². The lowest BCUT2D eigenvalue weighted by atomic mass is 10.0. The number of hydrogen-bond acceptors (Lipinski definition) is 7. The summed E-state index contributed by atoms with van der Waals surface area (Å²) in [5.74, 6) is -1.35. The van der Waals surface area contributed by atoms with Crippen molar-refractivity contribution < 1.29 is 23.6 Å². The first-order chi connectivity index (χ1) is 14.0. The van der Waals surface area contributed by atoms with E-state index >= 15 is 0 Å². The van der Waals surface area contributed by atoms with Gasteiger partial charge in [-0.15, -0.1) is 11.3 Å². The van der Waals surface area contributed by atoms with E-state index in [0.717, 1.165) is 9.78 Å². The number of aromatic nitrogens is 1. The lowest BCUT2D eigenvalue weighted by Crippen LogP contribution is -2.48. The van der Waals surface area contributed by atoms with Crippen molar-refractivity contribution in [2.75, 3.05) is 0 Å². The number of ether oxygens (including phenoxy) is 1. The van der Waals surface area contributed by atoms with Crippen molar-refractivity contribution in [3.05, 3.63) is 64.7 Å². The lowest BCUT2D eigenvalue weighted by molar-refractivity contribution is -0.151. The summed E-state index contributed by atoms with van der Waals surface area (Å²) in [7, 11) is 0. The summed E-state index contributed by atoms with van der Waals surface area (Å²) >= 11 is 1.51. The van der Waals surface area contributed by atoms with Gasteiger partial charge in [0.05, 0.1) is 16.0 Å². The van der Waals surface area contributed by atoms with Crippen molar-refractivity contribution in [3.8, 4) is 10.6 Å². The number of thiophene rings is 1. The maximum absolute atomic E-state index is 12.8. The van der Waals surface area contributed by atoms with Gasteiger partial charge in [-0.05, 0) is 29.5 Å². The second kappa shape index (κ2) is 7.63. The fraction of sp³-hybridized carbons (Fsp3) is 0.238. The Balaban J connectivity index is 1.49. The van der Waals surface area contributed by atoms with Crippen LogP contribution >= 0.6 is 11.3 Å². The number of fused-ring (bicyclic) bond motifs is 1. The summed E-state index contributed by atoms with van der Waals surface area (Å²) in [6, 6.07) is 11.0. The smallest absolute Gasteiger partial charge is 0.330 e. The Labute approximate surface area is 170 Å². The van der Waals surface area contributed by atoms with Crippen LogP contribution in [0.1, 0.15) is 40.3 Å². The molecular formula is C21H18N2O5S. The molecule has 0 aliphatic carbocycles. The van der Waals surface area contributed by atoms with Gasteiger partial charge in [0, 0.05) is 6.07 Å². The van der Waals surface area contributed by atoms with Gasteiger partial charge in [-0.3, -0.25) is 14.5 Å². The molecule has 0 unspecified atom stereocenters. The molecule has 2 aromatic heterocycles. The Morgan fingerprint density at radius 2 is 1.83 bits per heavy atom. The summed E-state index contributed by atoms with van der Waals surface area (Å²) < 4.78 is 10.7. The monoisotopic (exact) mass is 410 g/mol. The number of carbonyl (C=O) groups is 3. The first-order valence-electron chi connectivity index (χ1n) is 9.10. The zero-order chi connectivity index (χ0) is 20.5. The first-order valence-corrected chi connectivity index (χ1v) is 9.98. The van der Waals surface area contributed by atoms with Gasteiger partial charge in [-0.25, -0.2) is 4.79 Å². The molecule has 0 N–H and O–H groups in total. The van der Waals surface area contributed by atoms with Crippen molar-refractivity contribution in [1.29, 1.82) is 0 Å². The highest BCUT2D eigenvalue weighted by molar-refractivity contribution is 7.13. The Kier molecular flexibility index (Phi) is 5.02. The summed E-state index contributed by atoms with van der Waals surface area (Å²) in [6.45, 7) is 3.42. The lowest BCUT2D eigenvalue weighted by Gasteiger charge is -2.27. The van der Waals surface area contributed by atoms with Crippen LogP contribution in [-0.4, -0.2) is 33.9 Å². The van der Waals surface area contributed by atoms with Crippen molar-refractivity contribution in [2.45, 2.75) is 26.5 Å². The standard InChI is InChI=1S/C21H18N2O5S/c1-12(2)18(23-19(24)14-6-3-4-7-15(14)20(23)25)21(26)27-11-13-10-16(28-22-13)17-8-5-9-29-17/h3-10,12,18H,11H2,1-2H3/t18-/m1/s1. The average Bonchev–Trinajstić information content (AvgIpc) is 3.44. The van der Waals surface area contributed by atoms with Gasteiger partial charge in [0.15, 0.2) is 5.76 Å². The van der Waals surface area contributed by atoms with E-state index in [9.17, 15) is 14.4 Å². The second-order valence-electron chi connectivity index (χ2n) is 6.98. The summed E-state index contributed by atoms with van der Waals surface area (Å²) in [5, 5.41) is 5.84. The Bertz CT molecular complexity index is 1040. The minimum atomic E-state index is -1.02. The molecule has 3 aromatic rings. The summed E-state index contributed by atoms with van der Waals surface area (Å²) in [4.78, 5) is 40.2. The predicted molar refractivity (Wildman–Crippen MR) is 105 cm³/mol. The largest absolute Gasteiger partial charge is 0.457 e. The highest BCUT2D eigenvalue weighted by Gasteiger charge is 2.44. The van der Waals surface area contributed by atoms with Crippen molar-refractivity contribution >= 4 is 29.1 Å². The molecule has 4 rings (SSSR count). The molecular weight excluding hydrogens is 392 g/mol. The molecule has 2 amide bonds. The van der Waals surface area contributed by atoms with Crippen LogP contribution in [0.15, 0.2) is 52.4 Å². The van der Waals surface area contributed by atoms with E-state index in [1.54, 1.807) is 44.2 Å². The SMILES string of the molecule is CC(C)[C@H](C(=O)OCc1cc(-c2cccs2)on1)N1C(=O)c2ccccc2C1=O. The van der Waals surface area contributed by atoms with E-state index in [1.165, 1.54) is 11.3 Å². The number of benzene rings is 1. The van der Waals surface area contributed by atoms with Crippen LogP contribution in [0.2, 0.25) is 0 Å². The van der Waals surface area contributed by atoms with Gasteiger partial charge in [-0.2, -0.15) is 0 Å². The molecule has 148 valence electrons. The van der Waals surface area contributed by atoms with Crippen LogP contribution in [0, 0.1) is 5.92 Å². The molecule has 0 radical (unpaired) electrons. The van der Waals surface area contributed by atoms with Crippen molar-refractivity contribution in [1.82, 2.24) is 10.1 Å². The second-order valence-corrected chi connectivity index (χ2v) is 7.93. The highest BCUT2D eigenvalue weighted by Crippen LogP contribution is 2.28. The summed E-state index contributed by atoms with van der Waals surface area (Å²) in [5.41, 5.74) is 1.05. The summed E-state index contributed by atoms with van der Waals surface area (Å²) in [6.07, 6.45) is 0. The fourth-order valence-corrected chi connectivity index (χ4v) is 3.95. The van der Waals surface area contributed by atoms with E-state index < -0.39 is 23.8 Å². The van der Waals surface area contributed by atoms with Gasteiger partial charge < -0.3 is 9.26 Å². The molecule has 7 nitrogen and oxygen atoms in total. The maximum atomic E-state index is 12.8. The fourth-order valence-electron chi connectivity index (χ4n) is 3.28. The first kappa shape index (κ1) is 19.1. The third-order valence-electron chi connectivity index (χ3n) is 4.66. The Morgan fingerprint density at radius 1 is 1.14 bits per heavy atom. The molecule has 29 heavy (non-hydrogen) atoms. The van der Waals surface area contributed by atoms with Crippen LogP contribution in [0.3, 0.4) is 0 Å². The number of esters is 1. The van der Waals surface area contributed by atoms with Crippen LogP contribution in [-0.2, 0) is 16.1 Å². The van der Waals surface area contributed by atoms with Crippen LogP contribution < -0.4 is 0 Å². The molecule has 1 aliphatic rings. The normalized spacial score (nSPS) is 14.4.